The zero-order valence-corrected chi connectivity index (χ0v) is 9.29. The van der Waals surface area contributed by atoms with Gasteiger partial charge in [0.2, 0.25) is 0 Å². The Hall–Kier alpha value is -0.540. The average Bonchev–Trinajstić information content (AvgIpc) is 2.18. The third kappa shape index (κ3) is 3.00. The molecule has 1 aromatic carbocycles. The number of hydrogen-bond acceptors (Lipinski definition) is 2. The predicted octanol–water partition coefficient (Wildman–Crippen LogP) is 3.41. The van der Waals surface area contributed by atoms with Gasteiger partial charge in [-0.25, -0.2) is 4.39 Å². The summed E-state index contributed by atoms with van der Waals surface area (Å²) in [5.74, 6) is 0.192. The summed E-state index contributed by atoms with van der Waals surface area (Å²) in [6, 6.07) is 3.84. The molecule has 0 N–H and O–H groups in total. The third-order valence-electron chi connectivity index (χ3n) is 1.76. The lowest BCUT2D eigenvalue weighted by molar-refractivity contribution is 0.0989. The van der Waals surface area contributed by atoms with Crippen LogP contribution in [-0.4, -0.2) is 17.8 Å². The van der Waals surface area contributed by atoms with Gasteiger partial charge in [-0.15, -0.1) is 0 Å². The minimum atomic E-state index is -0.429. The number of halogens is 2. The topological polar surface area (TPSA) is 17.1 Å². The summed E-state index contributed by atoms with van der Waals surface area (Å²) in [6.07, 6.45) is 2.31. The van der Waals surface area contributed by atoms with E-state index < -0.39 is 5.82 Å². The van der Waals surface area contributed by atoms with Gasteiger partial charge in [0, 0.05) is 17.7 Å². The molecule has 0 aliphatic heterocycles. The first-order valence-corrected chi connectivity index (χ1v) is 5.89. The van der Waals surface area contributed by atoms with Crippen LogP contribution in [0.1, 0.15) is 16.8 Å². The number of benzene rings is 1. The van der Waals surface area contributed by atoms with Crippen LogP contribution in [0, 0.1) is 5.82 Å². The highest BCUT2D eigenvalue weighted by Crippen LogP contribution is 2.19. The van der Waals surface area contributed by atoms with Gasteiger partial charge in [0.05, 0.1) is 5.02 Å². The molecule has 1 aromatic rings. The summed E-state index contributed by atoms with van der Waals surface area (Å²) < 4.78 is 12.8. The van der Waals surface area contributed by atoms with Crippen LogP contribution in [0.15, 0.2) is 18.2 Å². The van der Waals surface area contributed by atoms with Crippen LogP contribution in [0.5, 0.6) is 0 Å². The highest BCUT2D eigenvalue weighted by molar-refractivity contribution is 7.98. The van der Waals surface area contributed by atoms with E-state index in [1.165, 1.54) is 18.2 Å². The van der Waals surface area contributed by atoms with Gasteiger partial charge in [0.1, 0.15) is 5.82 Å². The fourth-order valence-electron chi connectivity index (χ4n) is 1.04. The summed E-state index contributed by atoms with van der Waals surface area (Å²) in [6.45, 7) is 0. The van der Waals surface area contributed by atoms with Crippen molar-refractivity contribution in [3.05, 3.63) is 34.6 Å². The van der Waals surface area contributed by atoms with E-state index in [0.29, 0.717) is 11.4 Å². The molecule has 1 rings (SSSR count). The maximum Gasteiger partial charge on any atom is 0.165 e. The van der Waals surface area contributed by atoms with Crippen molar-refractivity contribution in [1.29, 1.82) is 0 Å². The van der Waals surface area contributed by atoms with E-state index in [9.17, 15) is 9.18 Å². The second-order valence-electron chi connectivity index (χ2n) is 2.79. The summed E-state index contributed by atoms with van der Waals surface area (Å²) in [5.41, 5.74) is 0.278. The molecule has 0 heterocycles. The minimum Gasteiger partial charge on any atom is -0.294 e. The van der Waals surface area contributed by atoms with Crippen molar-refractivity contribution in [2.24, 2.45) is 0 Å². The number of carbonyl (C=O) groups is 1. The van der Waals surface area contributed by atoms with Crippen LogP contribution in [0.3, 0.4) is 0 Å². The Morgan fingerprint density at radius 3 is 2.93 bits per heavy atom. The first-order chi connectivity index (χ1) is 6.65. The Kier molecular flexibility index (Phi) is 4.42. The largest absolute Gasteiger partial charge is 0.294 e. The van der Waals surface area contributed by atoms with E-state index in [-0.39, 0.29) is 11.3 Å². The van der Waals surface area contributed by atoms with Crippen LogP contribution < -0.4 is 0 Å². The number of carbonyl (C=O) groups excluding carboxylic acids is 1. The van der Waals surface area contributed by atoms with Crippen molar-refractivity contribution in [3.8, 4) is 0 Å². The van der Waals surface area contributed by atoms with Gasteiger partial charge < -0.3 is 0 Å². The van der Waals surface area contributed by atoms with Gasteiger partial charge in [0.15, 0.2) is 5.78 Å². The summed E-state index contributed by atoms with van der Waals surface area (Å²) >= 11 is 7.35. The Bertz CT molecular complexity index is 341. The lowest BCUT2D eigenvalue weighted by Gasteiger charge is -2.02. The standard InChI is InChI=1S/C10H10ClFOS/c1-14-5-4-10(13)8-6-7(12)2-3-9(8)11/h2-3,6H,4-5H2,1H3. The highest BCUT2D eigenvalue weighted by atomic mass is 35.5. The zero-order valence-electron chi connectivity index (χ0n) is 7.72. The predicted molar refractivity (Wildman–Crippen MR) is 58.7 cm³/mol. The van der Waals surface area contributed by atoms with Crippen LogP contribution >= 0.6 is 23.4 Å². The normalized spacial score (nSPS) is 10.2. The van der Waals surface area contributed by atoms with E-state index in [1.54, 1.807) is 11.8 Å². The Morgan fingerprint density at radius 1 is 1.57 bits per heavy atom. The van der Waals surface area contributed by atoms with E-state index >= 15 is 0 Å². The number of Topliss-reactive ketones (excluding diaryl/α,β-unsaturated/α-hetero) is 1. The maximum atomic E-state index is 12.8. The lowest BCUT2D eigenvalue weighted by Crippen LogP contribution is -2.01. The molecule has 0 aliphatic rings. The maximum absolute atomic E-state index is 12.8. The number of hydrogen-bond donors (Lipinski definition) is 0. The molecule has 0 fully saturated rings. The molecule has 1 nitrogen and oxygen atoms in total. The minimum absolute atomic E-state index is 0.108. The van der Waals surface area contributed by atoms with Crippen molar-refractivity contribution in [3.63, 3.8) is 0 Å². The lowest BCUT2D eigenvalue weighted by atomic mass is 10.1. The summed E-state index contributed by atoms with van der Waals surface area (Å²) in [5, 5.41) is 0.317. The molecule has 14 heavy (non-hydrogen) atoms. The summed E-state index contributed by atoms with van der Waals surface area (Å²) in [7, 11) is 0. The molecular formula is C10H10ClFOS. The van der Waals surface area contributed by atoms with E-state index in [4.69, 9.17) is 11.6 Å². The van der Waals surface area contributed by atoms with Gasteiger partial charge >= 0.3 is 0 Å². The Labute approximate surface area is 91.6 Å². The molecule has 0 atom stereocenters. The molecule has 4 heteroatoms. The van der Waals surface area contributed by atoms with Crippen molar-refractivity contribution in [1.82, 2.24) is 0 Å². The van der Waals surface area contributed by atoms with Gasteiger partial charge in [0.25, 0.3) is 0 Å². The third-order valence-corrected chi connectivity index (χ3v) is 2.70. The van der Waals surface area contributed by atoms with Crippen LogP contribution in [0.25, 0.3) is 0 Å². The SMILES string of the molecule is CSCCC(=O)c1cc(F)ccc1Cl. The van der Waals surface area contributed by atoms with Gasteiger partial charge in [-0.05, 0) is 24.5 Å². The first kappa shape index (κ1) is 11.5. The molecule has 0 aliphatic carbocycles. The van der Waals surface area contributed by atoms with E-state index in [1.807, 2.05) is 6.26 Å². The molecule has 0 aromatic heterocycles. The highest BCUT2D eigenvalue weighted by Gasteiger charge is 2.10. The van der Waals surface area contributed by atoms with Crippen LogP contribution in [0.4, 0.5) is 4.39 Å². The van der Waals surface area contributed by atoms with Gasteiger partial charge in [-0.3, -0.25) is 4.79 Å². The molecule has 0 saturated carbocycles. The molecule has 76 valence electrons. The fraction of sp³-hybridized carbons (Fsp3) is 0.300. The van der Waals surface area contributed by atoms with Crippen LogP contribution in [0.2, 0.25) is 5.02 Å². The second-order valence-corrected chi connectivity index (χ2v) is 4.18. The van der Waals surface area contributed by atoms with Gasteiger partial charge in [-0.1, -0.05) is 11.6 Å². The zero-order chi connectivity index (χ0) is 10.6. The fourth-order valence-corrected chi connectivity index (χ4v) is 1.65. The molecule has 0 unspecified atom stereocenters. The monoisotopic (exact) mass is 232 g/mol. The second kappa shape index (κ2) is 5.37. The number of rotatable bonds is 4. The molecular weight excluding hydrogens is 223 g/mol. The number of thioether (sulfide) groups is 1. The summed E-state index contributed by atoms with van der Waals surface area (Å²) in [4.78, 5) is 11.5. The Morgan fingerprint density at radius 2 is 2.29 bits per heavy atom. The molecule has 0 amide bonds. The average molecular weight is 233 g/mol. The molecule has 0 spiro atoms. The first-order valence-electron chi connectivity index (χ1n) is 4.12. The molecule has 0 bridgehead atoms. The van der Waals surface area contributed by atoms with E-state index in [0.717, 1.165) is 5.75 Å². The number of ketones is 1. The quantitative estimate of drug-likeness (QED) is 0.740. The van der Waals surface area contributed by atoms with Gasteiger partial charge in [-0.2, -0.15) is 11.8 Å². The van der Waals surface area contributed by atoms with Crippen molar-refractivity contribution < 1.29 is 9.18 Å². The Balaban J connectivity index is 2.83. The molecule has 0 saturated heterocycles. The van der Waals surface area contributed by atoms with E-state index in [2.05, 4.69) is 0 Å². The van der Waals surface area contributed by atoms with Crippen molar-refractivity contribution in [2.45, 2.75) is 6.42 Å². The molecule has 0 radical (unpaired) electrons. The smallest absolute Gasteiger partial charge is 0.165 e. The van der Waals surface area contributed by atoms with Crippen LogP contribution in [-0.2, 0) is 0 Å². The van der Waals surface area contributed by atoms with Crippen molar-refractivity contribution >= 4 is 29.1 Å². The van der Waals surface area contributed by atoms with Crippen molar-refractivity contribution in [2.75, 3.05) is 12.0 Å².